The van der Waals surface area contributed by atoms with Crippen molar-refractivity contribution in [2.24, 2.45) is 0 Å². The van der Waals surface area contributed by atoms with Crippen LogP contribution in [0.25, 0.3) is 0 Å². The zero-order chi connectivity index (χ0) is 16.4. The van der Waals surface area contributed by atoms with Gasteiger partial charge in [-0.1, -0.05) is 6.07 Å². The molecule has 2 rings (SSSR count). The van der Waals surface area contributed by atoms with Gasteiger partial charge >= 0.3 is 5.97 Å². The van der Waals surface area contributed by atoms with Gasteiger partial charge in [0.25, 0.3) is 5.91 Å². The number of hydrogen-bond acceptors (Lipinski definition) is 3. The van der Waals surface area contributed by atoms with Crippen molar-refractivity contribution in [2.75, 3.05) is 7.05 Å². The van der Waals surface area contributed by atoms with Crippen LogP contribution in [0.2, 0.25) is 0 Å². The van der Waals surface area contributed by atoms with E-state index < -0.39 is 29.6 Å². The molecular formula is C15H13F2NO4. The first-order valence-electron chi connectivity index (χ1n) is 6.36. The molecule has 0 aliphatic heterocycles. The summed E-state index contributed by atoms with van der Waals surface area (Å²) in [5.74, 6) is -4.31. The Hall–Kier alpha value is -2.70. The Balaban J connectivity index is 2.21. The first-order valence-corrected chi connectivity index (χ1v) is 6.36. The molecule has 1 N–H and O–H groups in total. The number of carboxylic acid groups (broad SMARTS) is 1. The summed E-state index contributed by atoms with van der Waals surface area (Å²) < 4.78 is 31.1. The maximum absolute atomic E-state index is 13.3. The average molecular weight is 309 g/mol. The van der Waals surface area contributed by atoms with Crippen LogP contribution in [-0.2, 0) is 0 Å². The van der Waals surface area contributed by atoms with Gasteiger partial charge in [0.2, 0.25) is 5.76 Å². The number of aromatic carboxylic acids is 1. The molecule has 7 heteroatoms. The lowest BCUT2D eigenvalue weighted by Gasteiger charge is -2.24. The number of furan rings is 1. The zero-order valence-corrected chi connectivity index (χ0v) is 11.8. The van der Waals surface area contributed by atoms with Crippen LogP contribution in [0.5, 0.6) is 0 Å². The summed E-state index contributed by atoms with van der Waals surface area (Å²) in [5.41, 5.74) is 0.403. The summed E-state index contributed by atoms with van der Waals surface area (Å²) in [4.78, 5) is 24.2. The predicted molar refractivity (Wildman–Crippen MR) is 72.5 cm³/mol. The van der Waals surface area contributed by atoms with Crippen LogP contribution in [0, 0.1) is 11.6 Å². The molecule has 1 heterocycles. The molecular weight excluding hydrogens is 296 g/mol. The average Bonchev–Trinajstić information content (AvgIpc) is 2.98. The SMILES string of the molecule is CC(c1ccc(F)c(F)c1)N(C)C(=O)c1ccc(C(=O)O)o1. The topological polar surface area (TPSA) is 70.8 Å². The van der Waals surface area contributed by atoms with E-state index in [0.717, 1.165) is 12.1 Å². The van der Waals surface area contributed by atoms with Crippen molar-refractivity contribution >= 4 is 11.9 Å². The van der Waals surface area contributed by atoms with Crippen molar-refractivity contribution in [3.63, 3.8) is 0 Å². The molecule has 1 aromatic carbocycles. The molecule has 0 saturated heterocycles. The fourth-order valence-corrected chi connectivity index (χ4v) is 1.91. The molecule has 2 aromatic rings. The van der Waals surface area contributed by atoms with Crippen LogP contribution in [0.3, 0.4) is 0 Å². The highest BCUT2D eigenvalue weighted by molar-refractivity contribution is 5.93. The number of halogens is 2. The summed E-state index contributed by atoms with van der Waals surface area (Å²) in [7, 11) is 1.46. The first kappa shape index (κ1) is 15.7. The summed E-state index contributed by atoms with van der Waals surface area (Å²) in [6.07, 6.45) is 0. The largest absolute Gasteiger partial charge is 0.475 e. The van der Waals surface area contributed by atoms with Gasteiger partial charge in [-0.25, -0.2) is 13.6 Å². The molecule has 1 unspecified atom stereocenters. The standard InChI is InChI=1S/C15H13F2NO4/c1-8(9-3-4-10(16)11(17)7-9)18(2)14(19)12-5-6-13(22-12)15(20)21/h3-8H,1-2H3,(H,20,21). The smallest absolute Gasteiger partial charge is 0.371 e. The van der Waals surface area contributed by atoms with Crippen LogP contribution >= 0.6 is 0 Å². The minimum Gasteiger partial charge on any atom is -0.475 e. The van der Waals surface area contributed by atoms with Gasteiger partial charge in [-0.05, 0) is 36.8 Å². The summed E-state index contributed by atoms with van der Waals surface area (Å²) >= 11 is 0. The van der Waals surface area contributed by atoms with E-state index in [1.165, 1.54) is 30.1 Å². The number of hydrogen-bond donors (Lipinski definition) is 1. The van der Waals surface area contributed by atoms with Gasteiger partial charge in [0.1, 0.15) is 0 Å². The van der Waals surface area contributed by atoms with Gasteiger partial charge in [0, 0.05) is 7.05 Å². The number of rotatable bonds is 4. The number of nitrogens with zero attached hydrogens (tertiary/aromatic N) is 1. The summed E-state index contributed by atoms with van der Waals surface area (Å²) in [6, 6.07) is 5.23. The monoisotopic (exact) mass is 309 g/mol. The third-order valence-electron chi connectivity index (χ3n) is 3.35. The number of carbonyl (C=O) groups is 2. The molecule has 0 spiro atoms. The lowest BCUT2D eigenvalue weighted by Crippen LogP contribution is -2.29. The minimum absolute atomic E-state index is 0.144. The fourth-order valence-electron chi connectivity index (χ4n) is 1.91. The van der Waals surface area contributed by atoms with E-state index in [9.17, 15) is 18.4 Å². The second kappa shape index (κ2) is 5.97. The highest BCUT2D eigenvalue weighted by Crippen LogP contribution is 2.23. The second-order valence-electron chi connectivity index (χ2n) is 4.73. The van der Waals surface area contributed by atoms with E-state index in [4.69, 9.17) is 9.52 Å². The Bertz CT molecular complexity index is 726. The molecule has 5 nitrogen and oxygen atoms in total. The van der Waals surface area contributed by atoms with E-state index in [-0.39, 0.29) is 11.5 Å². The van der Waals surface area contributed by atoms with Crippen LogP contribution in [0.15, 0.2) is 34.7 Å². The van der Waals surface area contributed by atoms with Crippen LogP contribution in [0.1, 0.15) is 39.6 Å². The van der Waals surface area contributed by atoms with Gasteiger partial charge in [-0.3, -0.25) is 4.79 Å². The molecule has 0 aliphatic rings. The van der Waals surface area contributed by atoms with E-state index >= 15 is 0 Å². The molecule has 0 saturated carbocycles. The number of carboxylic acids is 1. The van der Waals surface area contributed by atoms with Crippen molar-refractivity contribution in [2.45, 2.75) is 13.0 Å². The third kappa shape index (κ3) is 2.98. The normalized spacial score (nSPS) is 12.0. The molecule has 1 aromatic heterocycles. The summed E-state index contributed by atoms with van der Waals surface area (Å²) in [6.45, 7) is 1.63. The Kier molecular flexibility index (Phi) is 4.25. The van der Waals surface area contributed by atoms with Gasteiger partial charge < -0.3 is 14.4 Å². The van der Waals surface area contributed by atoms with Crippen molar-refractivity contribution in [1.82, 2.24) is 4.90 Å². The van der Waals surface area contributed by atoms with Gasteiger partial charge in [0.05, 0.1) is 6.04 Å². The molecule has 22 heavy (non-hydrogen) atoms. The van der Waals surface area contributed by atoms with E-state index in [0.29, 0.717) is 5.56 Å². The molecule has 1 atom stereocenters. The predicted octanol–water partition coefficient (Wildman–Crippen LogP) is 3.09. The molecule has 116 valence electrons. The second-order valence-corrected chi connectivity index (χ2v) is 4.73. The lowest BCUT2D eigenvalue weighted by atomic mass is 10.1. The number of benzene rings is 1. The van der Waals surface area contributed by atoms with Crippen molar-refractivity contribution in [1.29, 1.82) is 0 Å². The Labute approximate surface area is 124 Å². The quantitative estimate of drug-likeness (QED) is 0.942. The molecule has 0 aliphatic carbocycles. The zero-order valence-electron chi connectivity index (χ0n) is 11.8. The Morgan fingerprint density at radius 2 is 1.77 bits per heavy atom. The number of carbonyl (C=O) groups excluding carboxylic acids is 1. The minimum atomic E-state index is -1.28. The van der Waals surface area contributed by atoms with Crippen molar-refractivity contribution in [3.05, 3.63) is 59.1 Å². The Morgan fingerprint density at radius 1 is 1.14 bits per heavy atom. The van der Waals surface area contributed by atoms with Crippen molar-refractivity contribution < 1.29 is 27.9 Å². The summed E-state index contributed by atoms with van der Waals surface area (Å²) in [5, 5.41) is 8.77. The fraction of sp³-hybridized carbons (Fsp3) is 0.200. The maximum Gasteiger partial charge on any atom is 0.371 e. The highest BCUT2D eigenvalue weighted by atomic mass is 19.2. The van der Waals surface area contributed by atoms with Gasteiger partial charge in [-0.15, -0.1) is 0 Å². The van der Waals surface area contributed by atoms with E-state index in [1.807, 2.05) is 0 Å². The maximum atomic E-state index is 13.3. The van der Waals surface area contributed by atoms with E-state index in [1.54, 1.807) is 6.92 Å². The molecule has 1 amide bonds. The van der Waals surface area contributed by atoms with Crippen LogP contribution in [-0.4, -0.2) is 28.9 Å². The van der Waals surface area contributed by atoms with Crippen molar-refractivity contribution in [3.8, 4) is 0 Å². The molecule has 0 radical (unpaired) electrons. The van der Waals surface area contributed by atoms with Crippen LogP contribution in [0.4, 0.5) is 8.78 Å². The number of amides is 1. The van der Waals surface area contributed by atoms with Gasteiger partial charge in [0.15, 0.2) is 17.4 Å². The lowest BCUT2D eigenvalue weighted by molar-refractivity contribution is 0.0647. The van der Waals surface area contributed by atoms with E-state index in [2.05, 4.69) is 0 Å². The van der Waals surface area contributed by atoms with Crippen LogP contribution < -0.4 is 0 Å². The molecule has 0 bridgehead atoms. The first-order chi connectivity index (χ1) is 10.3. The highest BCUT2D eigenvalue weighted by Gasteiger charge is 2.23. The Morgan fingerprint density at radius 3 is 2.32 bits per heavy atom. The molecule has 0 fully saturated rings. The third-order valence-corrected chi connectivity index (χ3v) is 3.35. The van der Waals surface area contributed by atoms with Gasteiger partial charge in [-0.2, -0.15) is 0 Å².